The van der Waals surface area contributed by atoms with Crippen molar-refractivity contribution in [3.8, 4) is 0 Å². The maximum Gasteiger partial charge on any atom is 0.358 e. The molecular formula is C11H10F2N4O2. The predicted molar refractivity (Wildman–Crippen MR) is 60.3 cm³/mol. The maximum absolute atomic E-state index is 13.1. The predicted octanol–water partition coefficient (Wildman–Crippen LogP) is 0.761. The average Bonchev–Trinajstić information content (AvgIpc) is 2.76. The molecule has 0 radical (unpaired) electrons. The van der Waals surface area contributed by atoms with Gasteiger partial charge < -0.3 is 10.8 Å². The summed E-state index contributed by atoms with van der Waals surface area (Å²) in [4.78, 5) is 10.9. The van der Waals surface area contributed by atoms with Crippen LogP contribution in [0.1, 0.15) is 21.7 Å². The number of hydrogen-bond acceptors (Lipinski definition) is 4. The zero-order valence-electron chi connectivity index (χ0n) is 9.68. The fourth-order valence-corrected chi connectivity index (χ4v) is 1.64. The van der Waals surface area contributed by atoms with E-state index >= 15 is 0 Å². The van der Waals surface area contributed by atoms with Gasteiger partial charge in [0.15, 0.2) is 17.3 Å². The van der Waals surface area contributed by atoms with E-state index in [4.69, 9.17) is 10.8 Å². The van der Waals surface area contributed by atoms with Crippen molar-refractivity contribution in [2.75, 3.05) is 0 Å². The van der Waals surface area contributed by atoms with Gasteiger partial charge in [-0.1, -0.05) is 11.3 Å². The highest BCUT2D eigenvalue weighted by Crippen LogP contribution is 2.12. The van der Waals surface area contributed by atoms with Crippen LogP contribution in [0.2, 0.25) is 0 Å². The fourth-order valence-electron chi connectivity index (χ4n) is 1.64. The highest BCUT2D eigenvalue weighted by Gasteiger charge is 2.17. The molecule has 0 saturated heterocycles. The molecule has 1 aromatic heterocycles. The quantitative estimate of drug-likeness (QED) is 0.853. The average molecular weight is 268 g/mol. The molecule has 19 heavy (non-hydrogen) atoms. The molecule has 0 aliphatic rings. The minimum Gasteiger partial charge on any atom is -0.476 e. The second kappa shape index (κ2) is 5.11. The Morgan fingerprint density at radius 3 is 2.68 bits per heavy atom. The molecule has 0 fully saturated rings. The summed E-state index contributed by atoms with van der Waals surface area (Å²) in [7, 11) is 0. The highest BCUT2D eigenvalue weighted by atomic mass is 19.2. The third-order valence-corrected chi connectivity index (χ3v) is 2.55. The van der Waals surface area contributed by atoms with E-state index in [1.54, 1.807) is 0 Å². The van der Waals surface area contributed by atoms with Gasteiger partial charge in [0.1, 0.15) is 0 Å². The Hall–Kier alpha value is -2.35. The third kappa shape index (κ3) is 2.58. The van der Waals surface area contributed by atoms with Crippen molar-refractivity contribution in [3.63, 3.8) is 0 Å². The zero-order valence-corrected chi connectivity index (χ0v) is 9.68. The third-order valence-electron chi connectivity index (χ3n) is 2.55. The number of halogens is 2. The van der Waals surface area contributed by atoms with Crippen LogP contribution >= 0.6 is 0 Å². The first kappa shape index (κ1) is 13.1. The van der Waals surface area contributed by atoms with Gasteiger partial charge in [-0.15, -0.1) is 5.10 Å². The molecule has 1 heterocycles. The molecule has 0 amide bonds. The van der Waals surface area contributed by atoms with Gasteiger partial charge in [0, 0.05) is 6.54 Å². The fraction of sp³-hybridized carbons (Fsp3) is 0.182. The van der Waals surface area contributed by atoms with E-state index in [1.165, 1.54) is 10.7 Å². The van der Waals surface area contributed by atoms with Gasteiger partial charge in [0.2, 0.25) is 0 Å². The molecule has 0 saturated carbocycles. The summed E-state index contributed by atoms with van der Waals surface area (Å²) in [5, 5.41) is 16.0. The van der Waals surface area contributed by atoms with Crippen molar-refractivity contribution in [2.45, 2.75) is 13.1 Å². The van der Waals surface area contributed by atoms with Gasteiger partial charge in [-0.05, 0) is 17.7 Å². The molecule has 0 unspecified atom stereocenters. The lowest BCUT2D eigenvalue weighted by Gasteiger charge is -2.05. The van der Waals surface area contributed by atoms with Gasteiger partial charge in [-0.3, -0.25) is 0 Å². The van der Waals surface area contributed by atoms with E-state index in [1.807, 2.05) is 0 Å². The van der Waals surface area contributed by atoms with Gasteiger partial charge in [0.05, 0.1) is 12.2 Å². The van der Waals surface area contributed by atoms with E-state index in [2.05, 4.69) is 10.3 Å². The van der Waals surface area contributed by atoms with Crippen molar-refractivity contribution < 1.29 is 18.7 Å². The number of nitrogens with zero attached hydrogens (tertiary/aromatic N) is 3. The summed E-state index contributed by atoms with van der Waals surface area (Å²) in [5.41, 5.74) is 5.84. The molecule has 8 heteroatoms. The minimum atomic E-state index is -1.24. The number of rotatable bonds is 4. The van der Waals surface area contributed by atoms with Crippen molar-refractivity contribution in [3.05, 3.63) is 46.8 Å². The summed E-state index contributed by atoms with van der Waals surface area (Å²) >= 11 is 0. The monoisotopic (exact) mass is 268 g/mol. The van der Waals surface area contributed by atoms with E-state index in [-0.39, 0.29) is 24.5 Å². The van der Waals surface area contributed by atoms with Crippen LogP contribution in [0.4, 0.5) is 8.78 Å². The smallest absolute Gasteiger partial charge is 0.358 e. The van der Waals surface area contributed by atoms with Gasteiger partial charge in [-0.25, -0.2) is 18.3 Å². The van der Waals surface area contributed by atoms with E-state index in [0.29, 0.717) is 5.56 Å². The second-order valence-electron chi connectivity index (χ2n) is 3.80. The molecule has 6 nitrogen and oxygen atoms in total. The Morgan fingerprint density at radius 1 is 1.37 bits per heavy atom. The topological polar surface area (TPSA) is 94.0 Å². The summed E-state index contributed by atoms with van der Waals surface area (Å²) < 4.78 is 27.1. The van der Waals surface area contributed by atoms with Crippen LogP contribution in [-0.4, -0.2) is 26.1 Å². The normalized spacial score (nSPS) is 10.7. The van der Waals surface area contributed by atoms with Gasteiger partial charge >= 0.3 is 5.97 Å². The molecule has 0 atom stereocenters. The second-order valence-corrected chi connectivity index (χ2v) is 3.80. The molecule has 0 aliphatic heterocycles. The molecule has 2 rings (SSSR count). The van der Waals surface area contributed by atoms with Crippen LogP contribution in [0.15, 0.2) is 18.2 Å². The van der Waals surface area contributed by atoms with Crippen molar-refractivity contribution in [2.24, 2.45) is 5.73 Å². The van der Waals surface area contributed by atoms with Gasteiger partial charge in [0.25, 0.3) is 0 Å². The van der Waals surface area contributed by atoms with Crippen LogP contribution < -0.4 is 5.73 Å². The van der Waals surface area contributed by atoms with Crippen LogP contribution in [0.3, 0.4) is 0 Å². The van der Waals surface area contributed by atoms with Crippen molar-refractivity contribution in [1.82, 2.24) is 15.0 Å². The largest absolute Gasteiger partial charge is 0.476 e. The maximum atomic E-state index is 13.1. The Labute approximate surface area is 106 Å². The Kier molecular flexibility index (Phi) is 3.52. The lowest BCUT2D eigenvalue weighted by Crippen LogP contribution is -2.13. The Bertz CT molecular complexity index is 627. The van der Waals surface area contributed by atoms with Crippen LogP contribution in [0.5, 0.6) is 0 Å². The molecule has 1 aromatic carbocycles. The molecular weight excluding hydrogens is 258 g/mol. The van der Waals surface area contributed by atoms with E-state index in [0.717, 1.165) is 12.1 Å². The lowest BCUT2D eigenvalue weighted by atomic mass is 10.2. The summed E-state index contributed by atoms with van der Waals surface area (Å²) in [5.74, 6) is -3.17. The van der Waals surface area contributed by atoms with Gasteiger partial charge in [-0.2, -0.15) is 0 Å². The molecule has 0 spiro atoms. The number of hydrogen-bond donors (Lipinski definition) is 2. The number of aromatic carboxylic acids is 1. The Morgan fingerprint density at radius 2 is 2.11 bits per heavy atom. The first-order valence-corrected chi connectivity index (χ1v) is 5.32. The van der Waals surface area contributed by atoms with E-state index in [9.17, 15) is 13.6 Å². The SMILES string of the molecule is NCc1c(C(=O)O)nnn1Cc1ccc(F)c(F)c1. The van der Waals surface area contributed by atoms with E-state index < -0.39 is 17.6 Å². The highest BCUT2D eigenvalue weighted by molar-refractivity contribution is 5.86. The zero-order chi connectivity index (χ0) is 14.0. The molecule has 3 N–H and O–H groups in total. The van der Waals surface area contributed by atoms with Crippen LogP contribution in [-0.2, 0) is 13.1 Å². The lowest BCUT2D eigenvalue weighted by molar-refractivity contribution is 0.0689. The molecule has 100 valence electrons. The molecule has 0 bridgehead atoms. The number of carboxylic acid groups (broad SMARTS) is 1. The summed E-state index contributed by atoms with van der Waals surface area (Å²) in [6, 6.07) is 3.38. The number of nitrogens with two attached hydrogens (primary N) is 1. The van der Waals surface area contributed by atoms with Crippen LogP contribution in [0, 0.1) is 11.6 Å². The van der Waals surface area contributed by atoms with Crippen LogP contribution in [0.25, 0.3) is 0 Å². The molecule has 2 aromatic rings. The number of carbonyl (C=O) groups is 1. The van der Waals surface area contributed by atoms with Crippen molar-refractivity contribution >= 4 is 5.97 Å². The Balaban J connectivity index is 2.33. The number of aromatic nitrogens is 3. The molecule has 0 aliphatic carbocycles. The standard InChI is InChI=1S/C11H10F2N4O2/c12-7-2-1-6(3-8(7)13)5-17-9(4-14)10(11(18)19)15-16-17/h1-3H,4-5,14H2,(H,18,19). The number of carboxylic acids is 1. The first-order valence-electron chi connectivity index (χ1n) is 5.32. The summed E-state index contributed by atoms with van der Waals surface area (Å²) in [6.07, 6.45) is 0. The first-order chi connectivity index (χ1) is 9.02. The summed E-state index contributed by atoms with van der Waals surface area (Å²) in [6.45, 7) is -0.0116. The van der Waals surface area contributed by atoms with Crippen molar-refractivity contribution in [1.29, 1.82) is 0 Å². The minimum absolute atomic E-state index is 0.0595. The number of benzene rings is 1.